The van der Waals surface area contributed by atoms with E-state index in [2.05, 4.69) is 19.1 Å². The smallest absolute Gasteiger partial charge is 0.328 e. The van der Waals surface area contributed by atoms with Gasteiger partial charge >= 0.3 is 5.97 Å². The van der Waals surface area contributed by atoms with E-state index >= 15 is 0 Å². The van der Waals surface area contributed by atoms with Gasteiger partial charge in [0.15, 0.2) is 0 Å². The van der Waals surface area contributed by atoms with Crippen molar-refractivity contribution in [1.29, 1.82) is 0 Å². The molecule has 0 aromatic rings. The molecule has 1 N–H and O–H groups in total. The van der Waals surface area contributed by atoms with Gasteiger partial charge in [-0.15, -0.1) is 0 Å². The number of unbranched alkanes of at least 4 members (excludes halogenated alkanes) is 2. The van der Waals surface area contributed by atoms with Crippen LogP contribution in [0.15, 0.2) is 36.5 Å². The molecule has 0 atom stereocenters. The van der Waals surface area contributed by atoms with E-state index in [-0.39, 0.29) is 0 Å². The molecular weight excluding hydrogens is 176 g/mol. The Labute approximate surface area is 85.6 Å². The van der Waals surface area contributed by atoms with E-state index in [1.54, 1.807) is 6.08 Å². The first-order valence-electron chi connectivity index (χ1n) is 4.98. The minimum atomic E-state index is -0.905. The van der Waals surface area contributed by atoms with Gasteiger partial charge in [0.2, 0.25) is 0 Å². The summed E-state index contributed by atoms with van der Waals surface area (Å²) >= 11 is 0. The average molecular weight is 194 g/mol. The van der Waals surface area contributed by atoms with E-state index in [4.69, 9.17) is 5.11 Å². The van der Waals surface area contributed by atoms with Crippen LogP contribution in [0.4, 0.5) is 0 Å². The molecule has 0 aliphatic heterocycles. The Morgan fingerprint density at radius 2 is 1.71 bits per heavy atom. The van der Waals surface area contributed by atoms with Crippen LogP contribution in [0.25, 0.3) is 0 Å². The van der Waals surface area contributed by atoms with Crippen molar-refractivity contribution in [1.82, 2.24) is 0 Å². The third-order valence-electron chi connectivity index (χ3n) is 1.61. The van der Waals surface area contributed by atoms with Crippen molar-refractivity contribution >= 4 is 5.97 Å². The van der Waals surface area contributed by atoms with E-state index in [0.717, 1.165) is 25.3 Å². The maximum Gasteiger partial charge on any atom is 0.328 e. The number of allylic oxidation sites excluding steroid dienone is 5. The fraction of sp³-hybridized carbons (Fsp3) is 0.417. The highest BCUT2D eigenvalue weighted by Gasteiger charge is 1.80. The van der Waals surface area contributed by atoms with Crippen molar-refractivity contribution in [2.75, 3.05) is 0 Å². The standard InChI is InChI=1S/C12H18O2/c1-2-3-4-5-6-7-8-9-10-11-12(13)14/h4-5,8-11H,2-3,6-7H2,1H3,(H,13,14)/b5-4+,9-8+,11-10+. The molecule has 0 aliphatic carbocycles. The lowest BCUT2D eigenvalue weighted by atomic mass is 10.2. The SMILES string of the molecule is CCC/C=C/CC/C=C/C=C/C(=O)O. The quantitative estimate of drug-likeness (QED) is 0.292. The Balaban J connectivity index is 3.40. The summed E-state index contributed by atoms with van der Waals surface area (Å²) in [7, 11) is 0. The number of rotatable bonds is 7. The first kappa shape index (κ1) is 12.7. The Morgan fingerprint density at radius 3 is 2.36 bits per heavy atom. The lowest BCUT2D eigenvalue weighted by molar-refractivity contribution is -0.131. The monoisotopic (exact) mass is 194 g/mol. The predicted octanol–water partition coefficient (Wildman–Crippen LogP) is 3.32. The highest BCUT2D eigenvalue weighted by Crippen LogP contribution is 1.96. The summed E-state index contributed by atoms with van der Waals surface area (Å²) in [6.07, 6.45) is 15.1. The first-order chi connectivity index (χ1) is 6.77. The molecule has 0 unspecified atom stereocenters. The highest BCUT2D eigenvalue weighted by molar-refractivity contribution is 5.80. The second-order valence-corrected chi connectivity index (χ2v) is 2.96. The van der Waals surface area contributed by atoms with Gasteiger partial charge < -0.3 is 5.11 Å². The van der Waals surface area contributed by atoms with E-state index in [1.165, 1.54) is 12.5 Å². The van der Waals surface area contributed by atoms with Crippen LogP contribution in [0.3, 0.4) is 0 Å². The summed E-state index contributed by atoms with van der Waals surface area (Å²) in [6.45, 7) is 2.15. The second-order valence-electron chi connectivity index (χ2n) is 2.96. The summed E-state index contributed by atoms with van der Waals surface area (Å²) < 4.78 is 0. The van der Waals surface area contributed by atoms with Gasteiger partial charge in [-0.05, 0) is 19.3 Å². The summed E-state index contributed by atoms with van der Waals surface area (Å²) in [6, 6.07) is 0. The van der Waals surface area contributed by atoms with Crippen LogP contribution in [0.2, 0.25) is 0 Å². The van der Waals surface area contributed by atoms with Gasteiger partial charge in [0.05, 0.1) is 0 Å². The van der Waals surface area contributed by atoms with Crippen LogP contribution in [-0.2, 0) is 4.79 Å². The molecule has 0 radical (unpaired) electrons. The number of carbonyl (C=O) groups is 1. The van der Waals surface area contributed by atoms with Crippen molar-refractivity contribution in [3.8, 4) is 0 Å². The van der Waals surface area contributed by atoms with Crippen molar-refractivity contribution in [3.63, 3.8) is 0 Å². The molecule has 2 heteroatoms. The van der Waals surface area contributed by atoms with Gasteiger partial charge in [0, 0.05) is 6.08 Å². The molecule has 0 aromatic carbocycles. The van der Waals surface area contributed by atoms with Crippen LogP contribution < -0.4 is 0 Å². The molecule has 0 spiro atoms. The summed E-state index contributed by atoms with van der Waals surface area (Å²) in [4.78, 5) is 10.1. The van der Waals surface area contributed by atoms with Gasteiger partial charge in [-0.3, -0.25) is 0 Å². The van der Waals surface area contributed by atoms with Gasteiger partial charge in [-0.2, -0.15) is 0 Å². The predicted molar refractivity (Wildman–Crippen MR) is 59.2 cm³/mol. The van der Waals surface area contributed by atoms with Crippen LogP contribution in [0, 0.1) is 0 Å². The zero-order valence-electron chi connectivity index (χ0n) is 8.65. The minimum Gasteiger partial charge on any atom is -0.478 e. The van der Waals surface area contributed by atoms with Crippen molar-refractivity contribution in [2.45, 2.75) is 32.6 Å². The third-order valence-corrected chi connectivity index (χ3v) is 1.61. The number of carboxylic acids is 1. The summed E-state index contributed by atoms with van der Waals surface area (Å²) in [5.74, 6) is -0.905. The largest absolute Gasteiger partial charge is 0.478 e. The number of hydrogen-bond acceptors (Lipinski definition) is 1. The van der Waals surface area contributed by atoms with Gasteiger partial charge in [-0.1, -0.05) is 43.7 Å². The maximum atomic E-state index is 10.1. The zero-order valence-corrected chi connectivity index (χ0v) is 8.65. The first-order valence-corrected chi connectivity index (χ1v) is 4.98. The van der Waals surface area contributed by atoms with Crippen LogP contribution >= 0.6 is 0 Å². The van der Waals surface area contributed by atoms with Crippen LogP contribution in [0.5, 0.6) is 0 Å². The summed E-state index contributed by atoms with van der Waals surface area (Å²) in [5.41, 5.74) is 0. The van der Waals surface area contributed by atoms with E-state index in [9.17, 15) is 4.79 Å². The zero-order chi connectivity index (χ0) is 10.6. The fourth-order valence-electron chi connectivity index (χ4n) is 0.907. The van der Waals surface area contributed by atoms with Gasteiger partial charge in [0.25, 0.3) is 0 Å². The Hall–Kier alpha value is -1.31. The molecule has 0 saturated carbocycles. The normalized spacial score (nSPS) is 12.1. The molecule has 0 amide bonds. The molecule has 14 heavy (non-hydrogen) atoms. The van der Waals surface area contributed by atoms with E-state index in [1.807, 2.05) is 6.08 Å². The molecular formula is C12H18O2. The highest BCUT2D eigenvalue weighted by atomic mass is 16.4. The molecule has 0 fully saturated rings. The number of carboxylic acid groups (broad SMARTS) is 1. The van der Waals surface area contributed by atoms with Gasteiger partial charge in [-0.25, -0.2) is 4.79 Å². The summed E-state index contributed by atoms with van der Waals surface area (Å²) in [5, 5.41) is 8.28. The second kappa shape index (κ2) is 9.78. The number of hydrogen-bond donors (Lipinski definition) is 1. The molecule has 0 rings (SSSR count). The molecule has 0 heterocycles. The number of aliphatic carboxylic acids is 1. The maximum absolute atomic E-state index is 10.1. The lowest BCUT2D eigenvalue weighted by Gasteiger charge is -1.86. The fourth-order valence-corrected chi connectivity index (χ4v) is 0.907. The molecule has 0 saturated heterocycles. The average Bonchev–Trinajstić information content (AvgIpc) is 2.15. The lowest BCUT2D eigenvalue weighted by Crippen LogP contribution is -1.84. The Bertz CT molecular complexity index is 224. The third kappa shape index (κ3) is 10.7. The minimum absolute atomic E-state index is 0.905. The molecule has 78 valence electrons. The molecule has 0 bridgehead atoms. The van der Waals surface area contributed by atoms with Crippen LogP contribution in [0.1, 0.15) is 32.6 Å². The van der Waals surface area contributed by atoms with Crippen molar-refractivity contribution < 1.29 is 9.90 Å². The Kier molecular flexibility index (Phi) is 8.86. The van der Waals surface area contributed by atoms with Crippen molar-refractivity contribution in [3.05, 3.63) is 36.5 Å². The topological polar surface area (TPSA) is 37.3 Å². The van der Waals surface area contributed by atoms with Crippen molar-refractivity contribution in [2.24, 2.45) is 0 Å². The molecule has 0 aromatic heterocycles. The molecule has 2 nitrogen and oxygen atoms in total. The van der Waals surface area contributed by atoms with E-state index < -0.39 is 5.97 Å². The Morgan fingerprint density at radius 1 is 1.07 bits per heavy atom. The van der Waals surface area contributed by atoms with E-state index in [0.29, 0.717) is 0 Å². The molecule has 0 aliphatic rings. The van der Waals surface area contributed by atoms with Crippen LogP contribution in [-0.4, -0.2) is 11.1 Å². The van der Waals surface area contributed by atoms with Gasteiger partial charge in [0.1, 0.15) is 0 Å².